The van der Waals surface area contributed by atoms with E-state index in [0.717, 1.165) is 31.9 Å². The van der Waals surface area contributed by atoms with Crippen LogP contribution in [-0.2, 0) is 0 Å². The Morgan fingerprint density at radius 1 is 1.20 bits per heavy atom. The summed E-state index contributed by atoms with van der Waals surface area (Å²) in [6, 6.07) is 8.61. The smallest absolute Gasteiger partial charge is 0.154 e. The largest absolute Gasteiger partial charge is 0.492 e. The number of benzene rings is 1. The molecule has 25 heavy (non-hydrogen) atoms. The van der Waals surface area contributed by atoms with Gasteiger partial charge in [-0.25, -0.2) is 13.9 Å². The maximum absolute atomic E-state index is 14.4. The fraction of sp³-hybridized carbons (Fsp3) is 0.333. The van der Waals surface area contributed by atoms with Crippen molar-refractivity contribution >= 4 is 11.5 Å². The second kappa shape index (κ2) is 6.68. The quantitative estimate of drug-likeness (QED) is 0.680. The number of hydrogen-bond donors (Lipinski definition) is 1. The number of nitrogens with one attached hydrogen (secondary N) is 1. The highest BCUT2D eigenvalue weighted by atomic mass is 19.1. The maximum atomic E-state index is 14.4. The van der Waals surface area contributed by atoms with Crippen LogP contribution in [0, 0.1) is 5.82 Å². The molecule has 0 fully saturated rings. The minimum absolute atomic E-state index is 0.322. The normalized spacial score (nSPS) is 15.7. The third-order valence-corrected chi connectivity index (χ3v) is 4.35. The number of anilines is 1. The van der Waals surface area contributed by atoms with E-state index >= 15 is 0 Å². The van der Waals surface area contributed by atoms with Gasteiger partial charge in [0.2, 0.25) is 0 Å². The second-order valence-electron chi connectivity index (χ2n) is 6.12. The lowest BCUT2D eigenvalue weighted by atomic mass is 10.1. The topological polar surface area (TPSA) is 54.7 Å². The first kappa shape index (κ1) is 15.8. The van der Waals surface area contributed by atoms with E-state index in [1.54, 1.807) is 22.8 Å². The Morgan fingerprint density at radius 3 is 3.04 bits per heavy atom. The number of imidazole rings is 1. The summed E-state index contributed by atoms with van der Waals surface area (Å²) in [6.45, 7) is 3.06. The average Bonchev–Trinajstić information content (AvgIpc) is 3.04. The minimum Gasteiger partial charge on any atom is -0.492 e. The Balaban J connectivity index is 1.85. The first-order chi connectivity index (χ1) is 12.2. The van der Waals surface area contributed by atoms with Crippen molar-refractivity contribution in [2.24, 2.45) is 0 Å². The van der Waals surface area contributed by atoms with Crippen molar-refractivity contribution in [2.45, 2.75) is 6.42 Å². The molecule has 1 aliphatic heterocycles. The van der Waals surface area contributed by atoms with E-state index in [-0.39, 0.29) is 5.82 Å². The van der Waals surface area contributed by atoms with Crippen molar-refractivity contribution in [2.75, 3.05) is 38.2 Å². The second-order valence-corrected chi connectivity index (χ2v) is 6.12. The summed E-state index contributed by atoms with van der Waals surface area (Å²) in [5.74, 6) is 1.14. The zero-order chi connectivity index (χ0) is 17.2. The molecule has 0 aliphatic carbocycles. The van der Waals surface area contributed by atoms with E-state index in [1.807, 2.05) is 19.2 Å². The zero-order valence-corrected chi connectivity index (χ0v) is 14.1. The van der Waals surface area contributed by atoms with Gasteiger partial charge in [0.1, 0.15) is 24.0 Å². The van der Waals surface area contributed by atoms with Crippen LogP contribution in [0.15, 0.2) is 36.5 Å². The summed E-state index contributed by atoms with van der Waals surface area (Å²) in [7, 11) is 2.01. The molecule has 0 radical (unpaired) electrons. The van der Waals surface area contributed by atoms with Crippen molar-refractivity contribution in [3.63, 3.8) is 0 Å². The first-order valence-corrected chi connectivity index (χ1v) is 8.42. The van der Waals surface area contributed by atoms with E-state index in [2.05, 4.69) is 20.3 Å². The molecule has 0 saturated heterocycles. The zero-order valence-electron chi connectivity index (χ0n) is 14.1. The van der Waals surface area contributed by atoms with E-state index in [0.29, 0.717) is 29.3 Å². The van der Waals surface area contributed by atoms with Gasteiger partial charge in [-0.3, -0.25) is 0 Å². The number of halogens is 1. The third kappa shape index (κ3) is 3.15. The predicted molar refractivity (Wildman–Crippen MR) is 94.6 cm³/mol. The fourth-order valence-corrected chi connectivity index (χ4v) is 2.96. The summed E-state index contributed by atoms with van der Waals surface area (Å²) in [5, 5.41) is 8.01. The monoisotopic (exact) mass is 341 g/mol. The molecule has 0 spiro atoms. The third-order valence-electron chi connectivity index (χ3n) is 4.35. The molecule has 4 rings (SSSR count). The number of aromatic nitrogens is 3. The lowest BCUT2D eigenvalue weighted by Gasteiger charge is -2.18. The van der Waals surface area contributed by atoms with Gasteiger partial charge in [0, 0.05) is 25.7 Å². The van der Waals surface area contributed by atoms with Crippen LogP contribution in [0.4, 0.5) is 10.2 Å². The number of hydrogen-bond acceptors (Lipinski definition) is 5. The fourth-order valence-electron chi connectivity index (χ4n) is 2.96. The SMILES string of the molecule is CN1CCCNCCOc2ccc(F)c(c2)-c2cnc3ccc1nn23. The number of fused-ring (bicyclic) bond motifs is 4. The van der Waals surface area contributed by atoms with Gasteiger partial charge in [0.25, 0.3) is 0 Å². The molecule has 6 nitrogen and oxygen atoms in total. The van der Waals surface area contributed by atoms with Gasteiger partial charge in [-0.2, -0.15) is 0 Å². The summed E-state index contributed by atoms with van der Waals surface area (Å²) >= 11 is 0. The van der Waals surface area contributed by atoms with Gasteiger partial charge >= 0.3 is 0 Å². The lowest BCUT2D eigenvalue weighted by Crippen LogP contribution is -2.27. The van der Waals surface area contributed by atoms with Crippen molar-refractivity contribution < 1.29 is 9.13 Å². The van der Waals surface area contributed by atoms with Crippen molar-refractivity contribution in [1.29, 1.82) is 0 Å². The molecule has 0 unspecified atom stereocenters. The Morgan fingerprint density at radius 2 is 2.12 bits per heavy atom. The Bertz CT molecular complexity index is 894. The Labute approximate surface area is 145 Å². The molecule has 130 valence electrons. The summed E-state index contributed by atoms with van der Waals surface area (Å²) in [5.41, 5.74) is 1.73. The predicted octanol–water partition coefficient (Wildman–Crippen LogP) is 2.34. The van der Waals surface area contributed by atoms with Crippen LogP contribution in [-0.4, -0.2) is 47.9 Å². The van der Waals surface area contributed by atoms with Gasteiger partial charge in [0.05, 0.1) is 11.9 Å². The van der Waals surface area contributed by atoms with Gasteiger partial charge in [-0.05, 0) is 43.3 Å². The van der Waals surface area contributed by atoms with Crippen molar-refractivity contribution in [3.8, 4) is 17.0 Å². The van der Waals surface area contributed by atoms with Gasteiger partial charge in [0.15, 0.2) is 5.65 Å². The molecule has 1 N–H and O–H groups in total. The van der Waals surface area contributed by atoms with Crippen LogP contribution < -0.4 is 15.0 Å². The average molecular weight is 341 g/mol. The van der Waals surface area contributed by atoms with Gasteiger partial charge < -0.3 is 15.0 Å². The van der Waals surface area contributed by atoms with Crippen LogP contribution in [0.25, 0.3) is 16.9 Å². The van der Waals surface area contributed by atoms with E-state index in [1.165, 1.54) is 6.07 Å². The summed E-state index contributed by atoms with van der Waals surface area (Å²) in [4.78, 5) is 6.44. The van der Waals surface area contributed by atoms with E-state index in [9.17, 15) is 4.39 Å². The lowest BCUT2D eigenvalue weighted by molar-refractivity contribution is 0.313. The molecular formula is C18H20FN5O. The van der Waals surface area contributed by atoms with Gasteiger partial charge in [-0.15, -0.1) is 5.10 Å². The van der Waals surface area contributed by atoms with Crippen molar-refractivity contribution in [1.82, 2.24) is 19.9 Å². The Kier molecular flexibility index (Phi) is 4.23. The van der Waals surface area contributed by atoms with Crippen LogP contribution in [0.2, 0.25) is 0 Å². The molecule has 3 heterocycles. The van der Waals surface area contributed by atoms with E-state index in [4.69, 9.17) is 4.74 Å². The highest BCUT2D eigenvalue weighted by molar-refractivity contribution is 5.66. The van der Waals surface area contributed by atoms with Crippen LogP contribution in [0.1, 0.15) is 6.42 Å². The molecule has 2 aromatic heterocycles. The van der Waals surface area contributed by atoms with E-state index < -0.39 is 0 Å². The number of nitrogens with zero attached hydrogens (tertiary/aromatic N) is 4. The Hall–Kier alpha value is -2.67. The first-order valence-electron chi connectivity index (χ1n) is 8.42. The molecule has 0 saturated carbocycles. The summed E-state index contributed by atoms with van der Waals surface area (Å²) < 4.78 is 21.9. The van der Waals surface area contributed by atoms with Gasteiger partial charge in [-0.1, -0.05) is 0 Å². The van der Waals surface area contributed by atoms with Crippen LogP contribution in [0.5, 0.6) is 5.75 Å². The standard InChI is InChI=1S/C18H20FN5O/c1-23-9-2-7-20-8-10-25-13-3-4-15(19)14(11-13)16-12-21-17-5-6-18(23)22-24(16)17/h3-6,11-12,20H,2,7-10H2,1H3. The summed E-state index contributed by atoms with van der Waals surface area (Å²) in [6.07, 6.45) is 2.64. The highest BCUT2D eigenvalue weighted by Gasteiger charge is 2.15. The molecular weight excluding hydrogens is 321 g/mol. The minimum atomic E-state index is -0.322. The molecule has 3 aromatic rings. The number of rotatable bonds is 0. The number of ether oxygens (including phenoxy) is 1. The molecule has 1 aromatic carbocycles. The van der Waals surface area contributed by atoms with Crippen LogP contribution in [0.3, 0.4) is 0 Å². The van der Waals surface area contributed by atoms with Crippen molar-refractivity contribution in [3.05, 3.63) is 42.3 Å². The maximum Gasteiger partial charge on any atom is 0.154 e. The molecule has 0 amide bonds. The molecule has 7 heteroatoms. The highest BCUT2D eigenvalue weighted by Crippen LogP contribution is 2.28. The molecule has 0 atom stereocenters. The van der Waals surface area contributed by atoms with Crippen LogP contribution >= 0.6 is 0 Å². The molecule has 4 bridgehead atoms. The molecule has 1 aliphatic rings.